The minimum Gasteiger partial charge on any atom is -0.465 e. The Morgan fingerprint density at radius 1 is 1.19 bits per heavy atom. The monoisotopic (exact) mass is 366 g/mol. The molecule has 0 aromatic carbocycles. The Morgan fingerprint density at radius 2 is 1.85 bits per heavy atom. The van der Waals surface area contributed by atoms with Gasteiger partial charge in [-0.05, 0) is 65.8 Å². The maximum Gasteiger partial charge on any atom is 0.490 e. The summed E-state index contributed by atoms with van der Waals surface area (Å²) < 4.78 is 23.5. The number of carbonyl (C=O) groups is 1. The normalized spacial score (nSPS) is 27.3. The summed E-state index contributed by atoms with van der Waals surface area (Å²) >= 11 is 0. The van der Waals surface area contributed by atoms with E-state index >= 15 is 0 Å². The van der Waals surface area contributed by atoms with Crippen molar-refractivity contribution >= 4 is 13.1 Å². The van der Waals surface area contributed by atoms with E-state index in [1.54, 1.807) is 0 Å². The van der Waals surface area contributed by atoms with E-state index in [1.165, 1.54) is 0 Å². The van der Waals surface area contributed by atoms with Gasteiger partial charge in [0.1, 0.15) is 0 Å². The lowest BCUT2D eigenvalue weighted by Gasteiger charge is -2.34. The molecule has 1 heterocycles. The van der Waals surface area contributed by atoms with E-state index in [9.17, 15) is 4.79 Å². The van der Waals surface area contributed by atoms with E-state index in [0.717, 1.165) is 24.7 Å². The van der Waals surface area contributed by atoms with Crippen LogP contribution >= 0.6 is 0 Å². The Morgan fingerprint density at radius 3 is 2.35 bits per heavy atom. The van der Waals surface area contributed by atoms with Gasteiger partial charge in [0.15, 0.2) is 0 Å². The SMILES string of the molecule is CCCCOCC1(C(=O)OCC)CC=C(B2OC(C)(C)C(C)(C)O2)CC1. The molecule has 2 aliphatic rings. The summed E-state index contributed by atoms with van der Waals surface area (Å²) in [4.78, 5) is 12.6. The lowest BCUT2D eigenvalue weighted by atomic mass is 9.66. The van der Waals surface area contributed by atoms with Crippen LogP contribution in [0.15, 0.2) is 11.5 Å². The van der Waals surface area contributed by atoms with E-state index in [-0.39, 0.29) is 24.3 Å². The Labute approximate surface area is 158 Å². The molecule has 1 fully saturated rings. The molecule has 0 radical (unpaired) electrons. The average Bonchev–Trinajstić information content (AvgIpc) is 2.80. The highest BCUT2D eigenvalue weighted by Gasteiger charge is 2.53. The summed E-state index contributed by atoms with van der Waals surface area (Å²) in [6.45, 7) is 13.7. The van der Waals surface area contributed by atoms with Crippen molar-refractivity contribution in [2.75, 3.05) is 19.8 Å². The molecule has 1 aliphatic carbocycles. The largest absolute Gasteiger partial charge is 0.490 e. The van der Waals surface area contributed by atoms with Gasteiger partial charge in [0, 0.05) is 6.61 Å². The van der Waals surface area contributed by atoms with Crippen molar-refractivity contribution in [2.45, 2.75) is 84.8 Å². The second-order valence-electron chi connectivity index (χ2n) is 8.48. The van der Waals surface area contributed by atoms with Crippen molar-refractivity contribution in [1.29, 1.82) is 0 Å². The molecule has 2 rings (SSSR count). The third-order valence-corrected chi connectivity index (χ3v) is 5.93. The van der Waals surface area contributed by atoms with Crippen LogP contribution in [0.3, 0.4) is 0 Å². The first-order valence-electron chi connectivity index (χ1n) is 9.97. The van der Waals surface area contributed by atoms with Crippen molar-refractivity contribution < 1.29 is 23.6 Å². The number of rotatable bonds is 8. The molecule has 26 heavy (non-hydrogen) atoms. The third-order valence-electron chi connectivity index (χ3n) is 5.93. The van der Waals surface area contributed by atoms with Gasteiger partial charge in [-0.25, -0.2) is 0 Å². The number of hydrogen-bond donors (Lipinski definition) is 0. The number of unbranched alkanes of at least 4 members (excludes halogenated alkanes) is 1. The molecule has 148 valence electrons. The molecule has 0 saturated carbocycles. The molecule has 1 aliphatic heterocycles. The van der Waals surface area contributed by atoms with Crippen LogP contribution in [-0.4, -0.2) is 44.1 Å². The highest BCUT2D eigenvalue weighted by Crippen LogP contribution is 2.43. The molecule has 1 atom stereocenters. The van der Waals surface area contributed by atoms with Crippen LogP contribution in [0.5, 0.6) is 0 Å². The lowest BCUT2D eigenvalue weighted by molar-refractivity contribution is -0.160. The van der Waals surface area contributed by atoms with E-state index in [0.29, 0.717) is 32.7 Å². The molecule has 0 aromatic rings. The van der Waals surface area contributed by atoms with Gasteiger partial charge in [-0.1, -0.05) is 19.4 Å². The number of carbonyl (C=O) groups excluding carboxylic acids is 1. The molecular weight excluding hydrogens is 331 g/mol. The Hall–Kier alpha value is -0.845. The predicted molar refractivity (Wildman–Crippen MR) is 103 cm³/mol. The molecule has 0 amide bonds. The Balaban J connectivity index is 2.07. The van der Waals surface area contributed by atoms with Crippen molar-refractivity contribution in [2.24, 2.45) is 5.41 Å². The highest BCUT2D eigenvalue weighted by molar-refractivity contribution is 6.54. The van der Waals surface area contributed by atoms with Crippen LogP contribution in [0, 0.1) is 5.41 Å². The van der Waals surface area contributed by atoms with Crippen molar-refractivity contribution in [1.82, 2.24) is 0 Å². The van der Waals surface area contributed by atoms with Gasteiger partial charge < -0.3 is 18.8 Å². The van der Waals surface area contributed by atoms with Crippen LogP contribution < -0.4 is 0 Å². The molecule has 0 bridgehead atoms. The van der Waals surface area contributed by atoms with Crippen LogP contribution in [0.4, 0.5) is 0 Å². The maximum atomic E-state index is 12.6. The van der Waals surface area contributed by atoms with Crippen LogP contribution in [0.1, 0.15) is 73.6 Å². The first-order chi connectivity index (χ1) is 12.2. The second-order valence-corrected chi connectivity index (χ2v) is 8.48. The second kappa shape index (κ2) is 8.45. The summed E-state index contributed by atoms with van der Waals surface area (Å²) in [6, 6.07) is 0. The first kappa shape index (κ1) is 21.5. The van der Waals surface area contributed by atoms with Crippen LogP contribution in [-0.2, 0) is 23.6 Å². The zero-order valence-electron chi connectivity index (χ0n) is 17.4. The number of hydrogen-bond acceptors (Lipinski definition) is 5. The highest BCUT2D eigenvalue weighted by atomic mass is 16.7. The van der Waals surface area contributed by atoms with Gasteiger partial charge in [-0.15, -0.1) is 0 Å². The molecular formula is C20H35BO5. The zero-order valence-corrected chi connectivity index (χ0v) is 17.4. The summed E-state index contributed by atoms with van der Waals surface area (Å²) in [5, 5.41) is 0. The Kier molecular flexibility index (Phi) is 6.97. The topological polar surface area (TPSA) is 54.0 Å². The molecule has 0 spiro atoms. The molecule has 6 heteroatoms. The minimum atomic E-state index is -0.586. The van der Waals surface area contributed by atoms with Crippen LogP contribution in [0.2, 0.25) is 0 Å². The van der Waals surface area contributed by atoms with Gasteiger partial charge in [0.2, 0.25) is 0 Å². The third kappa shape index (κ3) is 4.52. The quantitative estimate of drug-likeness (QED) is 0.368. The standard InChI is InChI=1S/C20H35BO5/c1-7-9-14-23-15-20(17(22)24-8-2)12-10-16(11-13-20)21-25-18(3,4)19(5,6)26-21/h10H,7-9,11-15H2,1-6H3. The zero-order chi connectivity index (χ0) is 19.4. The smallest absolute Gasteiger partial charge is 0.465 e. The average molecular weight is 366 g/mol. The van der Waals surface area contributed by atoms with Gasteiger partial charge in [-0.3, -0.25) is 4.79 Å². The first-order valence-corrected chi connectivity index (χ1v) is 9.97. The van der Waals surface area contributed by atoms with Crippen LogP contribution in [0.25, 0.3) is 0 Å². The summed E-state index contributed by atoms with van der Waals surface area (Å²) in [7, 11) is -0.332. The van der Waals surface area contributed by atoms with Crippen molar-refractivity contribution in [3.05, 3.63) is 11.5 Å². The Bertz CT molecular complexity index is 512. The van der Waals surface area contributed by atoms with Gasteiger partial charge in [0.25, 0.3) is 0 Å². The van der Waals surface area contributed by atoms with Crippen molar-refractivity contribution in [3.8, 4) is 0 Å². The van der Waals surface area contributed by atoms with Crippen molar-refractivity contribution in [3.63, 3.8) is 0 Å². The van der Waals surface area contributed by atoms with Gasteiger partial charge in [0.05, 0.1) is 29.8 Å². The fraction of sp³-hybridized carbons (Fsp3) is 0.850. The molecule has 0 aromatic heterocycles. The fourth-order valence-electron chi connectivity index (χ4n) is 3.30. The summed E-state index contributed by atoms with van der Waals surface area (Å²) in [5.41, 5.74) is -0.164. The van der Waals surface area contributed by atoms with E-state index in [2.05, 4.69) is 40.7 Å². The van der Waals surface area contributed by atoms with Gasteiger partial charge >= 0.3 is 13.1 Å². The number of esters is 1. The number of ether oxygens (including phenoxy) is 2. The molecule has 5 nitrogen and oxygen atoms in total. The lowest BCUT2D eigenvalue weighted by Crippen LogP contribution is -2.41. The van der Waals surface area contributed by atoms with E-state index in [4.69, 9.17) is 18.8 Å². The summed E-state index contributed by atoms with van der Waals surface area (Å²) in [6.07, 6.45) is 6.26. The molecule has 1 unspecified atom stereocenters. The van der Waals surface area contributed by atoms with E-state index in [1.807, 2.05) is 6.92 Å². The predicted octanol–water partition coefficient (Wildman–Crippen LogP) is 4.09. The van der Waals surface area contributed by atoms with Gasteiger partial charge in [-0.2, -0.15) is 0 Å². The fourth-order valence-corrected chi connectivity index (χ4v) is 3.30. The number of allylic oxidation sites excluding steroid dienone is 2. The maximum absolute atomic E-state index is 12.6. The summed E-state index contributed by atoms with van der Waals surface area (Å²) in [5.74, 6) is -0.152. The molecule has 0 N–H and O–H groups in total. The minimum absolute atomic E-state index is 0.152. The molecule has 1 saturated heterocycles. The van der Waals surface area contributed by atoms with E-state index < -0.39 is 5.41 Å².